The van der Waals surface area contributed by atoms with Gasteiger partial charge in [-0.05, 0) is 50.7 Å². The van der Waals surface area contributed by atoms with E-state index in [1.54, 1.807) is 19.9 Å². The number of aliphatic hydroxyl groups is 1. The summed E-state index contributed by atoms with van der Waals surface area (Å²) in [6.07, 6.45) is 4.67. The van der Waals surface area contributed by atoms with Crippen molar-refractivity contribution in [3.8, 4) is 0 Å². The Morgan fingerprint density at radius 2 is 2.00 bits per heavy atom. The highest BCUT2D eigenvalue weighted by atomic mass is 35.5. The van der Waals surface area contributed by atoms with Crippen molar-refractivity contribution < 1.29 is 28.6 Å². The van der Waals surface area contributed by atoms with Crippen LogP contribution in [-0.2, 0) is 19.1 Å². The predicted octanol–water partition coefficient (Wildman–Crippen LogP) is 4.10. The summed E-state index contributed by atoms with van der Waals surface area (Å²) in [7, 11) is 0. The van der Waals surface area contributed by atoms with Gasteiger partial charge in [0.1, 0.15) is 0 Å². The van der Waals surface area contributed by atoms with E-state index in [1.165, 1.54) is 12.2 Å². The normalized spacial score (nSPS) is 47.2. The van der Waals surface area contributed by atoms with Crippen LogP contribution in [0, 0.1) is 28.6 Å². The molecule has 0 bridgehead atoms. The second-order valence-corrected chi connectivity index (χ2v) is 10.8. The van der Waals surface area contributed by atoms with Gasteiger partial charge in [-0.1, -0.05) is 32.4 Å². The third kappa shape index (κ3) is 2.68. The molecule has 32 heavy (non-hydrogen) atoms. The second kappa shape index (κ2) is 7.49. The lowest BCUT2D eigenvalue weighted by Crippen LogP contribution is -2.70. The number of aliphatic hydroxyl groups excluding tert-OH is 1. The Hall–Kier alpha value is -1.53. The number of fused-ring (bicyclic) bond motifs is 5. The van der Waals surface area contributed by atoms with E-state index in [4.69, 9.17) is 16.3 Å². The molecule has 5 nitrogen and oxygen atoms in total. The zero-order valence-corrected chi connectivity index (χ0v) is 19.9. The molecule has 0 spiro atoms. The van der Waals surface area contributed by atoms with Crippen molar-refractivity contribution >= 4 is 29.1 Å². The van der Waals surface area contributed by atoms with Crippen LogP contribution in [0.4, 0.5) is 4.39 Å². The Morgan fingerprint density at radius 1 is 1.31 bits per heavy atom. The van der Waals surface area contributed by atoms with Gasteiger partial charge in [0.2, 0.25) is 0 Å². The highest BCUT2D eigenvalue weighted by Gasteiger charge is 2.77. The maximum atomic E-state index is 17.2. The number of allylic oxidation sites excluding steroid dienone is 4. The zero-order valence-electron chi connectivity index (χ0n) is 19.1. The van der Waals surface area contributed by atoms with Gasteiger partial charge in [-0.2, -0.15) is 0 Å². The number of halogens is 2. The molecule has 0 aromatic carbocycles. The van der Waals surface area contributed by atoms with Gasteiger partial charge < -0.3 is 9.84 Å². The number of hydrogen-bond acceptors (Lipinski definition) is 5. The van der Waals surface area contributed by atoms with E-state index < -0.39 is 40.1 Å². The minimum absolute atomic E-state index is 0.0285. The molecule has 0 heterocycles. The molecule has 0 aromatic heterocycles. The van der Waals surface area contributed by atoms with E-state index in [0.717, 1.165) is 0 Å². The van der Waals surface area contributed by atoms with Gasteiger partial charge in [-0.3, -0.25) is 14.4 Å². The molecule has 0 saturated heterocycles. The van der Waals surface area contributed by atoms with Crippen molar-refractivity contribution in [1.82, 2.24) is 0 Å². The van der Waals surface area contributed by atoms with Crippen LogP contribution >= 0.6 is 11.6 Å². The summed E-state index contributed by atoms with van der Waals surface area (Å²) in [6, 6.07) is 0. The molecule has 3 fully saturated rings. The summed E-state index contributed by atoms with van der Waals surface area (Å²) < 4.78 is 23.1. The molecule has 3 saturated carbocycles. The molecule has 4 rings (SSSR count). The molecular formula is C25H32ClFO5. The van der Waals surface area contributed by atoms with Crippen LogP contribution in [0.5, 0.6) is 0 Å². The Morgan fingerprint density at radius 3 is 2.62 bits per heavy atom. The van der Waals surface area contributed by atoms with Crippen LogP contribution < -0.4 is 0 Å². The van der Waals surface area contributed by atoms with Gasteiger partial charge in [-0.15, -0.1) is 11.6 Å². The summed E-state index contributed by atoms with van der Waals surface area (Å²) >= 11 is 6.01. The van der Waals surface area contributed by atoms with Gasteiger partial charge in [0.15, 0.2) is 22.8 Å². The number of rotatable bonds is 4. The number of ketones is 2. The number of Topliss-reactive ketones (excluding diaryl/α,β-unsaturated/α-hetero) is 1. The van der Waals surface area contributed by atoms with Crippen molar-refractivity contribution in [3.63, 3.8) is 0 Å². The SMILES string of the molecule is CCC(=O)O[C@]1(C(=O)CCl)[C@@H](C)C[C@H]2[C@@H]3CCC4=CC(=O)C=C[C@]4(C)[C@@]3(F)[C@H](O)C[C@@]21C. The van der Waals surface area contributed by atoms with E-state index in [0.29, 0.717) is 24.8 Å². The Bertz CT molecular complexity index is 929. The Balaban J connectivity index is 1.85. The smallest absolute Gasteiger partial charge is 0.306 e. The Labute approximate surface area is 193 Å². The van der Waals surface area contributed by atoms with E-state index in [-0.39, 0.29) is 42.1 Å². The van der Waals surface area contributed by atoms with Crippen molar-refractivity contribution in [2.75, 3.05) is 5.88 Å². The fourth-order valence-corrected chi connectivity index (χ4v) is 7.95. The standard InChI is InChI=1S/C25H32ClFO5/c1-5-21(31)32-25(20(30)13-26)14(2)10-18-17-7-6-15-11-16(28)8-9-22(15,3)24(17,27)19(29)12-23(18,25)4/h8-9,11,14,17-19,29H,5-7,10,12-13H2,1-4H3/t14-,17-,18-,19+,22-,23-,24-,25-/m0/s1. The topological polar surface area (TPSA) is 80.7 Å². The number of carbonyl (C=O) groups excluding carboxylic acids is 3. The molecule has 0 unspecified atom stereocenters. The van der Waals surface area contributed by atoms with Gasteiger partial charge in [0.05, 0.1) is 12.0 Å². The summed E-state index contributed by atoms with van der Waals surface area (Å²) in [4.78, 5) is 37.7. The number of alkyl halides is 2. The first-order valence-electron chi connectivity index (χ1n) is 11.5. The zero-order chi connectivity index (χ0) is 23.7. The van der Waals surface area contributed by atoms with Gasteiger partial charge in [0.25, 0.3) is 0 Å². The lowest BCUT2D eigenvalue weighted by molar-refractivity contribution is -0.227. The number of hydrogen-bond donors (Lipinski definition) is 1. The first-order chi connectivity index (χ1) is 14.9. The average molecular weight is 467 g/mol. The largest absolute Gasteiger partial charge is 0.450 e. The summed E-state index contributed by atoms with van der Waals surface area (Å²) in [5.41, 5.74) is -4.83. The molecule has 7 heteroatoms. The maximum absolute atomic E-state index is 17.2. The van der Waals surface area contributed by atoms with Gasteiger partial charge >= 0.3 is 5.97 Å². The van der Waals surface area contributed by atoms with E-state index in [2.05, 4.69) is 0 Å². The van der Waals surface area contributed by atoms with Crippen molar-refractivity contribution in [1.29, 1.82) is 0 Å². The fourth-order valence-electron chi connectivity index (χ4n) is 7.75. The first-order valence-corrected chi connectivity index (χ1v) is 12.1. The van der Waals surface area contributed by atoms with E-state index in [9.17, 15) is 19.5 Å². The van der Waals surface area contributed by atoms with Crippen LogP contribution in [0.15, 0.2) is 23.8 Å². The van der Waals surface area contributed by atoms with Gasteiger partial charge in [0, 0.05) is 29.1 Å². The molecule has 176 valence electrons. The molecule has 0 amide bonds. The molecule has 0 aliphatic heterocycles. The monoisotopic (exact) mass is 466 g/mol. The third-order valence-electron chi connectivity index (χ3n) is 9.28. The van der Waals surface area contributed by atoms with Crippen molar-refractivity contribution in [2.24, 2.45) is 28.6 Å². The van der Waals surface area contributed by atoms with Crippen LogP contribution in [0.2, 0.25) is 0 Å². The molecular weight excluding hydrogens is 435 g/mol. The third-order valence-corrected chi connectivity index (χ3v) is 9.52. The average Bonchev–Trinajstić information content (AvgIpc) is 2.96. The predicted molar refractivity (Wildman–Crippen MR) is 118 cm³/mol. The van der Waals surface area contributed by atoms with Crippen LogP contribution in [0.25, 0.3) is 0 Å². The molecule has 4 aliphatic rings. The summed E-state index contributed by atoms with van der Waals surface area (Å²) in [5, 5.41) is 11.4. The molecule has 4 aliphatic carbocycles. The van der Waals surface area contributed by atoms with Crippen molar-refractivity contribution in [3.05, 3.63) is 23.8 Å². The number of ether oxygens (including phenoxy) is 1. The fraction of sp³-hybridized carbons (Fsp3) is 0.720. The molecule has 0 radical (unpaired) electrons. The lowest BCUT2D eigenvalue weighted by Gasteiger charge is -2.62. The second-order valence-electron chi connectivity index (χ2n) is 10.5. The first kappa shape index (κ1) is 23.6. The highest BCUT2D eigenvalue weighted by Crippen LogP contribution is 2.71. The summed E-state index contributed by atoms with van der Waals surface area (Å²) in [5.74, 6) is -2.57. The quantitative estimate of drug-likeness (QED) is 0.498. The van der Waals surface area contributed by atoms with Crippen LogP contribution in [0.3, 0.4) is 0 Å². The van der Waals surface area contributed by atoms with E-state index >= 15 is 4.39 Å². The van der Waals surface area contributed by atoms with E-state index in [1.807, 2.05) is 13.8 Å². The molecule has 1 N–H and O–H groups in total. The summed E-state index contributed by atoms with van der Waals surface area (Å²) in [6.45, 7) is 7.13. The lowest BCUT2D eigenvalue weighted by atomic mass is 9.44. The van der Waals surface area contributed by atoms with Crippen LogP contribution in [-0.4, -0.2) is 45.9 Å². The molecule has 8 atom stereocenters. The van der Waals surface area contributed by atoms with Crippen molar-refractivity contribution in [2.45, 2.75) is 77.2 Å². The Kier molecular flexibility index (Phi) is 5.53. The number of carbonyl (C=O) groups is 3. The van der Waals surface area contributed by atoms with Crippen LogP contribution in [0.1, 0.15) is 59.8 Å². The molecule has 0 aromatic rings. The number of esters is 1. The minimum Gasteiger partial charge on any atom is -0.450 e. The maximum Gasteiger partial charge on any atom is 0.306 e. The van der Waals surface area contributed by atoms with Gasteiger partial charge in [-0.25, -0.2) is 4.39 Å². The minimum atomic E-state index is -1.99. The highest BCUT2D eigenvalue weighted by molar-refractivity contribution is 6.29.